The molecule has 14 heavy (non-hydrogen) atoms. The Balaban J connectivity index is 2.46. The van der Waals surface area contributed by atoms with Gasteiger partial charge in [-0.2, -0.15) is 0 Å². The molecule has 0 aliphatic carbocycles. The number of hydrogen-bond donors (Lipinski definition) is 2. The van der Waals surface area contributed by atoms with Crippen LogP contribution < -0.4 is 11.1 Å². The summed E-state index contributed by atoms with van der Waals surface area (Å²) < 4.78 is 23.7. The molecule has 0 amide bonds. The van der Waals surface area contributed by atoms with Gasteiger partial charge >= 0.3 is 0 Å². The van der Waals surface area contributed by atoms with Crippen molar-refractivity contribution in [2.45, 2.75) is 12.8 Å². The highest BCUT2D eigenvalue weighted by Gasteiger charge is 2.00. The Morgan fingerprint density at radius 1 is 1.21 bits per heavy atom. The lowest BCUT2D eigenvalue weighted by Gasteiger charge is -2.06. The largest absolute Gasteiger partial charge is 0.379 e. The van der Waals surface area contributed by atoms with Gasteiger partial charge in [0.05, 0.1) is 6.54 Å². The monoisotopic (exact) mass is 200 g/mol. The Bertz CT molecular complexity index is 259. The van der Waals surface area contributed by atoms with Gasteiger partial charge in [-0.3, -0.25) is 0 Å². The van der Waals surface area contributed by atoms with Crippen molar-refractivity contribution in [2.24, 2.45) is 5.73 Å². The van der Waals surface area contributed by atoms with Crippen LogP contribution in [0.5, 0.6) is 0 Å². The number of hydrogen-bond acceptors (Lipinski definition) is 2. The van der Waals surface area contributed by atoms with Crippen LogP contribution in [-0.2, 0) is 6.42 Å². The minimum absolute atomic E-state index is 0.309. The molecule has 1 aromatic rings. The quantitative estimate of drug-likeness (QED) is 0.761. The third-order valence-corrected chi connectivity index (χ3v) is 1.85. The van der Waals surface area contributed by atoms with Gasteiger partial charge in [-0.15, -0.1) is 0 Å². The number of rotatable bonds is 5. The fourth-order valence-corrected chi connectivity index (χ4v) is 1.15. The topological polar surface area (TPSA) is 38.0 Å². The lowest BCUT2D eigenvalue weighted by molar-refractivity contribution is 0.163. The molecule has 0 aliphatic heterocycles. The van der Waals surface area contributed by atoms with Gasteiger partial charge in [0.2, 0.25) is 0 Å². The van der Waals surface area contributed by atoms with Crippen molar-refractivity contribution in [1.82, 2.24) is 0 Å². The van der Waals surface area contributed by atoms with E-state index in [9.17, 15) is 8.78 Å². The Morgan fingerprint density at radius 3 is 2.36 bits per heavy atom. The molecule has 3 N–H and O–H groups in total. The Morgan fingerprint density at radius 2 is 1.86 bits per heavy atom. The molecular formula is C10H14F2N2. The summed E-state index contributed by atoms with van der Waals surface area (Å²) in [6.07, 6.45) is -1.51. The predicted molar refractivity (Wildman–Crippen MR) is 53.7 cm³/mol. The third kappa shape index (κ3) is 3.70. The highest BCUT2D eigenvalue weighted by molar-refractivity contribution is 5.44. The summed E-state index contributed by atoms with van der Waals surface area (Å²) in [5.41, 5.74) is 7.22. The van der Waals surface area contributed by atoms with Crippen LogP contribution in [0.15, 0.2) is 24.3 Å². The van der Waals surface area contributed by atoms with Crippen LogP contribution in [-0.4, -0.2) is 19.5 Å². The molecule has 0 saturated carbocycles. The maximum Gasteiger partial charge on any atom is 0.255 e. The second kappa shape index (κ2) is 5.54. The van der Waals surface area contributed by atoms with Crippen molar-refractivity contribution in [3.63, 3.8) is 0 Å². The summed E-state index contributed by atoms with van der Waals surface area (Å²) in [6.45, 7) is 0.292. The fourth-order valence-electron chi connectivity index (χ4n) is 1.15. The van der Waals surface area contributed by atoms with Crippen LogP contribution >= 0.6 is 0 Å². The van der Waals surface area contributed by atoms with Crippen molar-refractivity contribution in [2.75, 3.05) is 18.4 Å². The Hall–Kier alpha value is -1.16. The number of nitrogens with two attached hydrogens (primary N) is 1. The van der Waals surface area contributed by atoms with Crippen molar-refractivity contribution < 1.29 is 8.78 Å². The second-order valence-electron chi connectivity index (χ2n) is 3.01. The molecule has 1 aromatic carbocycles. The molecule has 0 aliphatic rings. The molecule has 0 aromatic heterocycles. The Labute approximate surface area is 82.1 Å². The first-order valence-electron chi connectivity index (χ1n) is 4.53. The molecule has 0 bridgehead atoms. The minimum Gasteiger partial charge on any atom is -0.379 e. The van der Waals surface area contributed by atoms with Crippen LogP contribution in [0.1, 0.15) is 5.56 Å². The van der Waals surface area contributed by atoms with E-state index >= 15 is 0 Å². The summed E-state index contributed by atoms with van der Waals surface area (Å²) in [4.78, 5) is 0. The van der Waals surface area contributed by atoms with Gasteiger partial charge < -0.3 is 11.1 Å². The lowest BCUT2D eigenvalue weighted by atomic mass is 10.1. The van der Waals surface area contributed by atoms with Gasteiger partial charge in [-0.25, -0.2) is 8.78 Å². The predicted octanol–water partition coefficient (Wildman–Crippen LogP) is 1.86. The van der Waals surface area contributed by atoms with Gasteiger partial charge in [0.25, 0.3) is 6.43 Å². The van der Waals surface area contributed by atoms with Gasteiger partial charge in [-0.05, 0) is 30.7 Å². The van der Waals surface area contributed by atoms with Crippen LogP contribution in [0.2, 0.25) is 0 Å². The molecule has 4 heteroatoms. The standard InChI is InChI=1S/C10H14F2N2/c11-10(12)7-14-9-3-1-8(2-4-9)5-6-13/h1-4,10,14H,5-7,13H2. The lowest BCUT2D eigenvalue weighted by Crippen LogP contribution is -2.10. The van der Waals surface area contributed by atoms with E-state index in [4.69, 9.17) is 5.73 Å². The zero-order valence-electron chi connectivity index (χ0n) is 7.84. The first-order valence-corrected chi connectivity index (χ1v) is 4.53. The van der Waals surface area contributed by atoms with Gasteiger partial charge in [-0.1, -0.05) is 12.1 Å². The second-order valence-corrected chi connectivity index (χ2v) is 3.01. The van der Waals surface area contributed by atoms with E-state index in [-0.39, 0.29) is 6.54 Å². The van der Waals surface area contributed by atoms with Crippen molar-refractivity contribution in [1.29, 1.82) is 0 Å². The number of nitrogens with one attached hydrogen (secondary N) is 1. The maximum absolute atomic E-state index is 11.8. The van der Waals surface area contributed by atoms with Crippen molar-refractivity contribution in [3.05, 3.63) is 29.8 Å². The summed E-state index contributed by atoms with van der Waals surface area (Å²) >= 11 is 0. The summed E-state index contributed by atoms with van der Waals surface area (Å²) in [6, 6.07) is 7.35. The molecule has 0 atom stereocenters. The van der Waals surface area contributed by atoms with E-state index in [1.807, 2.05) is 12.1 Å². The fraction of sp³-hybridized carbons (Fsp3) is 0.400. The molecule has 0 heterocycles. The van der Waals surface area contributed by atoms with Crippen LogP contribution in [0, 0.1) is 0 Å². The highest BCUT2D eigenvalue weighted by Crippen LogP contribution is 2.10. The summed E-state index contributed by atoms with van der Waals surface area (Å²) in [5.74, 6) is 0. The molecule has 0 saturated heterocycles. The average Bonchev–Trinajstić information content (AvgIpc) is 2.17. The van der Waals surface area contributed by atoms with E-state index in [1.165, 1.54) is 0 Å². The zero-order valence-corrected chi connectivity index (χ0v) is 7.84. The molecule has 1 rings (SSSR count). The smallest absolute Gasteiger partial charge is 0.255 e. The summed E-state index contributed by atoms with van der Waals surface area (Å²) in [5, 5.41) is 2.63. The molecule has 78 valence electrons. The van der Waals surface area contributed by atoms with Crippen molar-refractivity contribution in [3.8, 4) is 0 Å². The molecule has 0 unspecified atom stereocenters. The number of anilines is 1. The Kier molecular flexibility index (Phi) is 4.32. The molecule has 0 spiro atoms. The number of benzene rings is 1. The first-order chi connectivity index (χ1) is 6.72. The van der Waals surface area contributed by atoms with E-state index < -0.39 is 6.43 Å². The highest BCUT2D eigenvalue weighted by atomic mass is 19.3. The minimum atomic E-state index is -2.32. The van der Waals surface area contributed by atoms with E-state index in [2.05, 4.69) is 5.32 Å². The average molecular weight is 200 g/mol. The molecule has 2 nitrogen and oxygen atoms in total. The summed E-state index contributed by atoms with van der Waals surface area (Å²) in [7, 11) is 0. The normalized spacial score (nSPS) is 10.6. The first kappa shape index (κ1) is 10.9. The number of halogens is 2. The SMILES string of the molecule is NCCc1ccc(NCC(F)F)cc1. The van der Waals surface area contributed by atoms with Gasteiger partial charge in [0.15, 0.2) is 0 Å². The van der Waals surface area contributed by atoms with Crippen LogP contribution in [0.25, 0.3) is 0 Å². The molecule has 0 fully saturated rings. The van der Waals surface area contributed by atoms with E-state index in [0.717, 1.165) is 12.0 Å². The van der Waals surface area contributed by atoms with E-state index in [1.54, 1.807) is 12.1 Å². The zero-order chi connectivity index (χ0) is 10.4. The van der Waals surface area contributed by atoms with Crippen LogP contribution in [0.4, 0.5) is 14.5 Å². The van der Waals surface area contributed by atoms with Gasteiger partial charge in [0, 0.05) is 5.69 Å². The van der Waals surface area contributed by atoms with Crippen LogP contribution in [0.3, 0.4) is 0 Å². The molecule has 0 radical (unpaired) electrons. The molecular weight excluding hydrogens is 186 g/mol. The van der Waals surface area contributed by atoms with E-state index in [0.29, 0.717) is 12.2 Å². The third-order valence-electron chi connectivity index (χ3n) is 1.85. The van der Waals surface area contributed by atoms with Crippen molar-refractivity contribution >= 4 is 5.69 Å². The maximum atomic E-state index is 11.8. The van der Waals surface area contributed by atoms with Gasteiger partial charge in [0.1, 0.15) is 0 Å². The number of alkyl halides is 2.